The van der Waals surface area contributed by atoms with Crippen LogP contribution in [0.15, 0.2) is 16.6 Å². The van der Waals surface area contributed by atoms with Gasteiger partial charge in [-0.2, -0.15) is 0 Å². The largest absolute Gasteiger partial charge is 0.381 e. The Morgan fingerprint density at radius 3 is 2.76 bits per heavy atom. The summed E-state index contributed by atoms with van der Waals surface area (Å²) in [6.45, 7) is 2.87. The lowest BCUT2D eigenvalue weighted by atomic mass is 10.2. The highest BCUT2D eigenvalue weighted by Gasteiger charge is 2.21. The standard InChI is InChI=1S/C12H14BrCl2NO/c1-7-2-3-8(17-7)6-16-10-5-4-9(13)11(14)12(10)15/h4-5,7-8,16H,2-3,6H2,1H3. The van der Waals surface area contributed by atoms with Crippen molar-refractivity contribution in [1.82, 2.24) is 0 Å². The number of hydrogen-bond acceptors (Lipinski definition) is 2. The molecule has 94 valence electrons. The van der Waals surface area contributed by atoms with Crippen LogP contribution in [-0.4, -0.2) is 18.8 Å². The van der Waals surface area contributed by atoms with Gasteiger partial charge in [-0.1, -0.05) is 23.2 Å². The summed E-state index contributed by atoms with van der Waals surface area (Å²) in [4.78, 5) is 0. The third kappa shape index (κ3) is 3.28. The zero-order valence-electron chi connectivity index (χ0n) is 9.47. The molecule has 0 bridgehead atoms. The molecule has 1 saturated heterocycles. The highest BCUT2D eigenvalue weighted by molar-refractivity contribution is 9.10. The number of rotatable bonds is 3. The molecule has 0 amide bonds. The first kappa shape index (κ1) is 13.5. The smallest absolute Gasteiger partial charge is 0.0835 e. The first-order chi connectivity index (χ1) is 8.08. The zero-order chi connectivity index (χ0) is 12.4. The van der Waals surface area contributed by atoms with Gasteiger partial charge in [-0.05, 0) is 47.8 Å². The van der Waals surface area contributed by atoms with E-state index in [1.54, 1.807) is 0 Å². The van der Waals surface area contributed by atoms with Crippen molar-refractivity contribution in [3.05, 3.63) is 26.7 Å². The average Bonchev–Trinajstić information content (AvgIpc) is 2.71. The quantitative estimate of drug-likeness (QED) is 0.804. The number of halogens is 3. The predicted octanol–water partition coefficient (Wildman–Crippen LogP) is 4.74. The van der Waals surface area contributed by atoms with E-state index in [1.807, 2.05) is 12.1 Å². The summed E-state index contributed by atoms with van der Waals surface area (Å²) in [7, 11) is 0. The fourth-order valence-corrected chi connectivity index (χ4v) is 2.76. The van der Waals surface area contributed by atoms with Gasteiger partial charge < -0.3 is 10.1 Å². The molecule has 0 saturated carbocycles. The van der Waals surface area contributed by atoms with Crippen LogP contribution in [0.4, 0.5) is 5.69 Å². The van der Waals surface area contributed by atoms with Gasteiger partial charge >= 0.3 is 0 Å². The minimum Gasteiger partial charge on any atom is -0.381 e. The van der Waals surface area contributed by atoms with Gasteiger partial charge in [0.25, 0.3) is 0 Å². The van der Waals surface area contributed by atoms with E-state index in [1.165, 1.54) is 0 Å². The number of hydrogen-bond donors (Lipinski definition) is 1. The minimum atomic E-state index is 0.267. The normalized spacial score (nSPS) is 24.0. The summed E-state index contributed by atoms with van der Waals surface area (Å²) in [5.74, 6) is 0. The van der Waals surface area contributed by atoms with Crippen molar-refractivity contribution in [1.29, 1.82) is 0 Å². The lowest BCUT2D eigenvalue weighted by molar-refractivity contribution is 0.0637. The number of anilines is 1. The van der Waals surface area contributed by atoms with Crippen LogP contribution in [0.1, 0.15) is 19.8 Å². The molecule has 5 heteroatoms. The van der Waals surface area contributed by atoms with Gasteiger partial charge in [0, 0.05) is 11.0 Å². The van der Waals surface area contributed by atoms with E-state index >= 15 is 0 Å². The van der Waals surface area contributed by atoms with Gasteiger partial charge in [0.15, 0.2) is 0 Å². The van der Waals surface area contributed by atoms with Crippen LogP contribution < -0.4 is 5.32 Å². The predicted molar refractivity (Wildman–Crippen MR) is 76.2 cm³/mol. The molecule has 2 nitrogen and oxygen atoms in total. The van der Waals surface area contributed by atoms with Crippen molar-refractivity contribution < 1.29 is 4.74 Å². The molecule has 2 rings (SSSR count). The van der Waals surface area contributed by atoms with Gasteiger partial charge in [-0.3, -0.25) is 0 Å². The Kier molecular flexibility index (Phi) is 4.59. The molecule has 1 heterocycles. The Morgan fingerprint density at radius 2 is 2.12 bits per heavy atom. The molecule has 0 aromatic heterocycles. The van der Waals surface area contributed by atoms with E-state index in [9.17, 15) is 0 Å². The summed E-state index contributed by atoms with van der Waals surface area (Å²) < 4.78 is 6.53. The van der Waals surface area contributed by atoms with Crippen LogP contribution in [0.25, 0.3) is 0 Å². The van der Waals surface area contributed by atoms with Crippen LogP contribution >= 0.6 is 39.1 Å². The Bertz CT molecular complexity index is 414. The third-order valence-electron chi connectivity index (χ3n) is 2.88. The summed E-state index contributed by atoms with van der Waals surface area (Å²) in [6, 6.07) is 3.80. The molecule has 1 fully saturated rings. The minimum absolute atomic E-state index is 0.267. The topological polar surface area (TPSA) is 21.3 Å². The van der Waals surface area contributed by atoms with E-state index in [0.29, 0.717) is 16.1 Å². The molecule has 1 aromatic rings. The van der Waals surface area contributed by atoms with Crippen molar-refractivity contribution in [3.63, 3.8) is 0 Å². The highest BCUT2D eigenvalue weighted by atomic mass is 79.9. The van der Waals surface area contributed by atoms with E-state index in [4.69, 9.17) is 27.9 Å². The van der Waals surface area contributed by atoms with Crippen molar-refractivity contribution in [3.8, 4) is 0 Å². The van der Waals surface area contributed by atoms with Crippen molar-refractivity contribution >= 4 is 44.8 Å². The second kappa shape index (κ2) is 5.79. The zero-order valence-corrected chi connectivity index (χ0v) is 12.6. The van der Waals surface area contributed by atoms with Crippen molar-refractivity contribution in [2.75, 3.05) is 11.9 Å². The summed E-state index contributed by atoms with van der Waals surface area (Å²) in [5.41, 5.74) is 0.850. The van der Waals surface area contributed by atoms with E-state index in [-0.39, 0.29) is 6.10 Å². The number of benzene rings is 1. The molecule has 1 aliphatic rings. The van der Waals surface area contributed by atoms with E-state index in [0.717, 1.165) is 29.5 Å². The van der Waals surface area contributed by atoms with Crippen molar-refractivity contribution in [2.45, 2.75) is 32.0 Å². The maximum absolute atomic E-state index is 6.15. The molecule has 1 aromatic carbocycles. The molecular weight excluding hydrogens is 325 g/mol. The first-order valence-electron chi connectivity index (χ1n) is 5.60. The van der Waals surface area contributed by atoms with Crippen LogP contribution in [0.3, 0.4) is 0 Å². The Balaban J connectivity index is 1.97. The molecular formula is C12H14BrCl2NO. The molecule has 0 radical (unpaired) electrons. The lowest BCUT2D eigenvalue weighted by Crippen LogP contribution is -2.19. The van der Waals surface area contributed by atoms with Crippen LogP contribution in [-0.2, 0) is 4.74 Å². The lowest BCUT2D eigenvalue weighted by Gasteiger charge is -2.15. The molecule has 2 atom stereocenters. The molecule has 0 spiro atoms. The van der Waals surface area contributed by atoms with E-state index in [2.05, 4.69) is 28.2 Å². The highest BCUT2D eigenvalue weighted by Crippen LogP contribution is 2.36. The average molecular weight is 339 g/mol. The molecule has 17 heavy (non-hydrogen) atoms. The van der Waals surface area contributed by atoms with E-state index < -0.39 is 0 Å². The third-order valence-corrected chi connectivity index (χ3v) is 4.65. The number of ether oxygens (including phenoxy) is 1. The summed E-state index contributed by atoms with van der Waals surface area (Å²) >= 11 is 15.5. The Labute approximate surface area is 120 Å². The first-order valence-corrected chi connectivity index (χ1v) is 7.15. The van der Waals surface area contributed by atoms with Gasteiger partial charge in [-0.15, -0.1) is 0 Å². The Hall–Kier alpha value is 0.0400. The fourth-order valence-electron chi connectivity index (χ4n) is 1.92. The Morgan fingerprint density at radius 1 is 1.35 bits per heavy atom. The molecule has 2 unspecified atom stereocenters. The van der Waals surface area contributed by atoms with Crippen LogP contribution in [0.5, 0.6) is 0 Å². The van der Waals surface area contributed by atoms with Crippen LogP contribution in [0.2, 0.25) is 10.0 Å². The summed E-state index contributed by atoms with van der Waals surface area (Å²) in [6.07, 6.45) is 2.85. The van der Waals surface area contributed by atoms with Gasteiger partial charge in [0.05, 0.1) is 27.9 Å². The van der Waals surface area contributed by atoms with Crippen molar-refractivity contribution in [2.24, 2.45) is 0 Å². The van der Waals surface area contributed by atoms with Gasteiger partial charge in [0.1, 0.15) is 0 Å². The maximum atomic E-state index is 6.15. The maximum Gasteiger partial charge on any atom is 0.0835 e. The van der Waals surface area contributed by atoms with Gasteiger partial charge in [0.2, 0.25) is 0 Å². The summed E-state index contributed by atoms with van der Waals surface area (Å²) in [5, 5.41) is 4.37. The van der Waals surface area contributed by atoms with Gasteiger partial charge in [-0.25, -0.2) is 0 Å². The molecule has 1 aliphatic heterocycles. The second-order valence-electron chi connectivity index (χ2n) is 4.25. The molecule has 0 aliphatic carbocycles. The van der Waals surface area contributed by atoms with Crippen LogP contribution in [0, 0.1) is 0 Å². The number of nitrogens with one attached hydrogen (secondary N) is 1. The SMILES string of the molecule is CC1CCC(CNc2ccc(Br)c(Cl)c2Cl)O1. The second-order valence-corrected chi connectivity index (χ2v) is 5.86. The molecule has 1 N–H and O–H groups in total. The fraction of sp³-hybridized carbons (Fsp3) is 0.500. The monoisotopic (exact) mass is 337 g/mol.